The van der Waals surface area contributed by atoms with Crippen LogP contribution in [0.2, 0.25) is 0 Å². The van der Waals surface area contributed by atoms with E-state index >= 15 is 0 Å². The fourth-order valence-corrected chi connectivity index (χ4v) is 4.65. The molecule has 4 aromatic rings. The van der Waals surface area contributed by atoms with E-state index in [1.54, 1.807) is 24.3 Å². The van der Waals surface area contributed by atoms with Gasteiger partial charge >= 0.3 is 0 Å². The summed E-state index contributed by atoms with van der Waals surface area (Å²) in [5, 5.41) is 4.69. The number of amides is 2. The summed E-state index contributed by atoms with van der Waals surface area (Å²) in [7, 11) is 0. The highest BCUT2D eigenvalue weighted by Crippen LogP contribution is 2.35. The molecule has 2 amide bonds. The van der Waals surface area contributed by atoms with Crippen molar-refractivity contribution in [2.75, 3.05) is 13.2 Å². The molecule has 0 unspecified atom stereocenters. The molecule has 0 aromatic heterocycles. The number of carbonyl (C=O) groups is 2. The smallest absolute Gasteiger partial charge is 0.261 e. The van der Waals surface area contributed by atoms with Crippen molar-refractivity contribution in [2.24, 2.45) is 0 Å². The zero-order valence-corrected chi connectivity index (χ0v) is 18.6. The van der Waals surface area contributed by atoms with E-state index < -0.39 is 0 Å². The number of unbranched alkanes of at least 4 members (excludes halogenated alkanes) is 4. The molecule has 5 rings (SSSR count). The van der Waals surface area contributed by atoms with E-state index in [1.165, 1.54) is 15.7 Å². The van der Waals surface area contributed by atoms with Gasteiger partial charge in [-0.1, -0.05) is 79.9 Å². The average Bonchev–Trinajstić information content (AvgIpc) is 3.10. The van der Waals surface area contributed by atoms with E-state index in [9.17, 15) is 9.59 Å². The maximum Gasteiger partial charge on any atom is 0.261 e. The Kier molecular flexibility index (Phi) is 6.07. The van der Waals surface area contributed by atoms with Gasteiger partial charge in [-0.2, -0.15) is 0 Å². The molecule has 1 heterocycles. The summed E-state index contributed by atoms with van der Waals surface area (Å²) >= 11 is 0. The molecule has 0 bridgehead atoms. The Morgan fingerprint density at radius 3 is 1.76 bits per heavy atom. The molecule has 1 aliphatic heterocycles. The molecule has 4 aromatic carbocycles. The number of ether oxygens (including phenoxy) is 1. The third-order valence-corrected chi connectivity index (χ3v) is 6.37. The number of carbonyl (C=O) groups excluding carboxylic acids is 2. The predicted octanol–water partition coefficient (Wildman–Crippen LogP) is 6.62. The quantitative estimate of drug-likeness (QED) is 0.168. The highest BCUT2D eigenvalue weighted by Gasteiger charge is 2.34. The standard InChI is InChI=1S/C29H27NO3/c31-28-25-16-8-9-17-26(25)29(32)30(28)18-10-2-1-3-11-19-33-27-23-14-6-4-12-21(23)20-22-13-5-7-15-24(22)27/h4-9,12-17,20H,1-3,10-11,18-19H2. The fraction of sp³-hybridized carbons (Fsp3) is 0.241. The van der Waals surface area contributed by atoms with Crippen molar-refractivity contribution in [1.82, 2.24) is 4.90 Å². The molecule has 0 spiro atoms. The Morgan fingerprint density at radius 2 is 1.12 bits per heavy atom. The Balaban J connectivity index is 1.09. The van der Waals surface area contributed by atoms with Crippen LogP contribution in [0.4, 0.5) is 0 Å². The second-order valence-electron chi connectivity index (χ2n) is 8.57. The Hall–Kier alpha value is -3.66. The first-order chi connectivity index (χ1) is 16.2. The lowest BCUT2D eigenvalue weighted by molar-refractivity contribution is 0.0651. The second kappa shape index (κ2) is 9.45. The van der Waals surface area contributed by atoms with Gasteiger partial charge in [0.05, 0.1) is 17.7 Å². The predicted molar refractivity (Wildman–Crippen MR) is 132 cm³/mol. The number of fused-ring (bicyclic) bond motifs is 3. The molecule has 4 heteroatoms. The molecule has 0 N–H and O–H groups in total. The normalized spacial score (nSPS) is 13.2. The fourth-order valence-electron chi connectivity index (χ4n) is 4.65. The van der Waals surface area contributed by atoms with Crippen molar-refractivity contribution < 1.29 is 14.3 Å². The van der Waals surface area contributed by atoms with Crippen molar-refractivity contribution in [3.05, 3.63) is 90.0 Å². The van der Waals surface area contributed by atoms with Crippen LogP contribution in [-0.4, -0.2) is 29.9 Å². The lowest BCUT2D eigenvalue weighted by Gasteiger charge is -2.14. The zero-order chi connectivity index (χ0) is 22.6. The van der Waals surface area contributed by atoms with Crippen LogP contribution in [0.25, 0.3) is 21.5 Å². The summed E-state index contributed by atoms with van der Waals surface area (Å²) in [4.78, 5) is 26.2. The minimum absolute atomic E-state index is 0.161. The maximum atomic E-state index is 12.4. The average molecular weight is 438 g/mol. The Labute approximate surface area is 193 Å². The van der Waals surface area contributed by atoms with E-state index in [-0.39, 0.29) is 11.8 Å². The van der Waals surface area contributed by atoms with Gasteiger partial charge < -0.3 is 4.74 Å². The summed E-state index contributed by atoms with van der Waals surface area (Å²) in [6.45, 7) is 1.17. The molecule has 4 nitrogen and oxygen atoms in total. The first-order valence-electron chi connectivity index (χ1n) is 11.7. The van der Waals surface area contributed by atoms with Crippen molar-refractivity contribution >= 4 is 33.4 Å². The zero-order valence-electron chi connectivity index (χ0n) is 18.6. The molecule has 0 fully saturated rings. The van der Waals surface area contributed by atoms with E-state index in [0.717, 1.165) is 48.6 Å². The summed E-state index contributed by atoms with van der Waals surface area (Å²) in [6.07, 6.45) is 4.92. The van der Waals surface area contributed by atoms with Crippen LogP contribution in [-0.2, 0) is 0 Å². The number of hydrogen-bond donors (Lipinski definition) is 0. The molecule has 0 saturated heterocycles. The molecule has 0 radical (unpaired) electrons. The first-order valence-corrected chi connectivity index (χ1v) is 11.7. The van der Waals surface area contributed by atoms with Crippen LogP contribution in [0.5, 0.6) is 5.75 Å². The van der Waals surface area contributed by atoms with Gasteiger partial charge in [0.2, 0.25) is 0 Å². The van der Waals surface area contributed by atoms with Crippen LogP contribution >= 0.6 is 0 Å². The van der Waals surface area contributed by atoms with Gasteiger partial charge in [0.25, 0.3) is 11.8 Å². The third-order valence-electron chi connectivity index (χ3n) is 6.37. The molecule has 33 heavy (non-hydrogen) atoms. The van der Waals surface area contributed by atoms with E-state index in [0.29, 0.717) is 24.3 Å². The highest BCUT2D eigenvalue weighted by atomic mass is 16.5. The van der Waals surface area contributed by atoms with Crippen LogP contribution in [0.3, 0.4) is 0 Å². The monoisotopic (exact) mass is 437 g/mol. The number of rotatable bonds is 9. The summed E-state index contributed by atoms with van der Waals surface area (Å²) in [6, 6.07) is 26.0. The second-order valence-corrected chi connectivity index (χ2v) is 8.57. The lowest BCUT2D eigenvalue weighted by Crippen LogP contribution is -2.30. The van der Waals surface area contributed by atoms with E-state index in [2.05, 4.69) is 54.6 Å². The minimum atomic E-state index is -0.161. The summed E-state index contributed by atoms with van der Waals surface area (Å²) in [5.41, 5.74) is 1.06. The first kappa shape index (κ1) is 21.2. The van der Waals surface area contributed by atoms with Crippen molar-refractivity contribution in [1.29, 1.82) is 0 Å². The van der Waals surface area contributed by atoms with E-state index in [1.807, 2.05) is 0 Å². The number of benzene rings is 4. The number of hydrogen-bond acceptors (Lipinski definition) is 3. The molecular formula is C29H27NO3. The third kappa shape index (κ3) is 4.21. The van der Waals surface area contributed by atoms with Crippen LogP contribution in [0.15, 0.2) is 78.9 Å². The SMILES string of the molecule is O=C1c2ccccc2C(=O)N1CCCCCCCOc1c2ccccc2cc2ccccc12. The molecule has 0 atom stereocenters. The van der Waals surface area contributed by atoms with Gasteiger partial charge in [0.15, 0.2) is 0 Å². The largest absolute Gasteiger partial charge is 0.492 e. The molecule has 166 valence electrons. The van der Waals surface area contributed by atoms with Crippen LogP contribution < -0.4 is 4.74 Å². The molecular weight excluding hydrogens is 410 g/mol. The molecule has 0 aliphatic carbocycles. The Morgan fingerprint density at radius 1 is 0.606 bits per heavy atom. The van der Waals surface area contributed by atoms with Gasteiger partial charge in [-0.15, -0.1) is 0 Å². The minimum Gasteiger partial charge on any atom is -0.492 e. The van der Waals surface area contributed by atoms with Crippen LogP contribution in [0.1, 0.15) is 52.8 Å². The van der Waals surface area contributed by atoms with Crippen molar-refractivity contribution in [3.8, 4) is 5.75 Å². The van der Waals surface area contributed by atoms with Crippen molar-refractivity contribution in [3.63, 3.8) is 0 Å². The molecule has 1 aliphatic rings. The van der Waals surface area contributed by atoms with Gasteiger partial charge in [-0.3, -0.25) is 14.5 Å². The number of imide groups is 1. The lowest BCUT2D eigenvalue weighted by atomic mass is 10.0. The Bertz CT molecular complexity index is 1240. The highest BCUT2D eigenvalue weighted by molar-refractivity contribution is 6.21. The van der Waals surface area contributed by atoms with Crippen molar-refractivity contribution in [2.45, 2.75) is 32.1 Å². The maximum absolute atomic E-state index is 12.4. The van der Waals surface area contributed by atoms with E-state index in [4.69, 9.17) is 4.74 Å². The molecule has 0 saturated carbocycles. The number of nitrogens with zero attached hydrogens (tertiary/aromatic N) is 1. The summed E-state index contributed by atoms with van der Waals surface area (Å²) < 4.78 is 6.29. The van der Waals surface area contributed by atoms with Crippen LogP contribution in [0, 0.1) is 0 Å². The topological polar surface area (TPSA) is 46.6 Å². The van der Waals surface area contributed by atoms with Gasteiger partial charge in [0.1, 0.15) is 5.75 Å². The van der Waals surface area contributed by atoms with Gasteiger partial charge in [-0.25, -0.2) is 0 Å². The van der Waals surface area contributed by atoms with Gasteiger partial charge in [-0.05, 0) is 41.8 Å². The van der Waals surface area contributed by atoms with Gasteiger partial charge in [0, 0.05) is 17.3 Å². The summed E-state index contributed by atoms with van der Waals surface area (Å²) in [5.74, 6) is 0.645.